The number of nitro groups is 1. The first-order valence-electron chi connectivity index (χ1n) is 5.85. The summed E-state index contributed by atoms with van der Waals surface area (Å²) in [6, 6.07) is 8.56. The predicted octanol–water partition coefficient (Wildman–Crippen LogP) is 2.51. The van der Waals surface area contributed by atoms with Crippen molar-refractivity contribution in [2.45, 2.75) is 0 Å². The average Bonchev–Trinajstić information content (AvgIpc) is 3.17. The van der Waals surface area contributed by atoms with Gasteiger partial charge in [-0.15, -0.1) is 21.5 Å². The first-order chi connectivity index (χ1) is 10.2. The minimum atomic E-state index is -0.462. The van der Waals surface area contributed by atoms with Gasteiger partial charge in [0.05, 0.1) is 16.9 Å². The van der Waals surface area contributed by atoms with E-state index in [1.165, 1.54) is 24.5 Å². The molecule has 0 spiro atoms. The molecular formula is C12H9N5O3S. The molecular weight excluding hydrogens is 294 g/mol. The van der Waals surface area contributed by atoms with Crippen LogP contribution in [0.15, 0.2) is 30.3 Å². The lowest BCUT2D eigenvalue weighted by Gasteiger charge is -2.03. The Morgan fingerprint density at radius 2 is 2.10 bits per heavy atom. The van der Waals surface area contributed by atoms with Gasteiger partial charge in [0, 0.05) is 10.9 Å². The molecule has 0 aliphatic carbocycles. The minimum Gasteiger partial charge on any atom is -0.490 e. The number of ether oxygens (including phenoxy) is 1. The van der Waals surface area contributed by atoms with E-state index in [-0.39, 0.29) is 11.4 Å². The predicted molar refractivity (Wildman–Crippen MR) is 76.1 cm³/mol. The monoisotopic (exact) mass is 303 g/mol. The van der Waals surface area contributed by atoms with E-state index in [4.69, 9.17) is 4.74 Å². The number of nitrogens with one attached hydrogen (secondary N) is 1. The van der Waals surface area contributed by atoms with E-state index in [0.29, 0.717) is 5.82 Å². The summed E-state index contributed by atoms with van der Waals surface area (Å²) in [7, 11) is 1.40. The third-order valence-electron chi connectivity index (χ3n) is 2.83. The van der Waals surface area contributed by atoms with Crippen LogP contribution in [0.25, 0.3) is 21.1 Å². The Hall–Kier alpha value is -2.81. The first-order valence-corrected chi connectivity index (χ1v) is 6.67. The van der Waals surface area contributed by atoms with Crippen LogP contribution in [-0.4, -0.2) is 32.7 Å². The summed E-state index contributed by atoms with van der Waals surface area (Å²) < 4.78 is 4.99. The smallest absolute Gasteiger partial charge is 0.311 e. The second kappa shape index (κ2) is 5.29. The molecule has 2 aromatic heterocycles. The summed E-state index contributed by atoms with van der Waals surface area (Å²) in [5.41, 5.74) is 0.673. The van der Waals surface area contributed by atoms with E-state index in [0.717, 1.165) is 15.3 Å². The number of H-pyrrole nitrogens is 1. The summed E-state index contributed by atoms with van der Waals surface area (Å²) in [6.45, 7) is 0. The van der Waals surface area contributed by atoms with Crippen LogP contribution in [0.3, 0.4) is 0 Å². The standard InChI is InChI=1S/C12H9N5O3S/c1-20-9-3-2-7(6-8(9)17(18)19)10-4-5-11(21-10)12-13-15-16-14-12/h2-6H,1H3,(H,13,14,15,16). The van der Waals surface area contributed by atoms with E-state index < -0.39 is 4.92 Å². The number of nitro benzene ring substituents is 1. The number of hydrogen-bond donors (Lipinski definition) is 1. The van der Waals surface area contributed by atoms with Crippen LogP contribution >= 0.6 is 11.3 Å². The van der Waals surface area contributed by atoms with Crippen molar-refractivity contribution in [1.29, 1.82) is 0 Å². The normalized spacial score (nSPS) is 10.5. The van der Waals surface area contributed by atoms with Gasteiger partial charge in [-0.05, 0) is 35.0 Å². The van der Waals surface area contributed by atoms with E-state index in [1.54, 1.807) is 12.1 Å². The van der Waals surface area contributed by atoms with Gasteiger partial charge in [-0.2, -0.15) is 5.21 Å². The topological polar surface area (TPSA) is 107 Å². The number of nitrogens with zero attached hydrogens (tertiary/aromatic N) is 4. The van der Waals surface area contributed by atoms with Gasteiger partial charge in [0.15, 0.2) is 5.75 Å². The number of methoxy groups -OCH3 is 1. The Kier molecular flexibility index (Phi) is 3.32. The third kappa shape index (κ3) is 2.46. The van der Waals surface area contributed by atoms with Crippen LogP contribution in [0.1, 0.15) is 0 Å². The number of aromatic amines is 1. The maximum Gasteiger partial charge on any atom is 0.311 e. The van der Waals surface area contributed by atoms with Crippen LogP contribution < -0.4 is 4.74 Å². The molecule has 0 aliphatic rings. The fourth-order valence-electron chi connectivity index (χ4n) is 1.87. The summed E-state index contributed by atoms with van der Waals surface area (Å²) in [4.78, 5) is 12.3. The maximum atomic E-state index is 11.1. The second-order valence-corrected chi connectivity index (χ2v) is 5.13. The van der Waals surface area contributed by atoms with Gasteiger partial charge >= 0.3 is 5.69 Å². The third-order valence-corrected chi connectivity index (χ3v) is 3.96. The van der Waals surface area contributed by atoms with Gasteiger partial charge in [-0.1, -0.05) is 0 Å². The molecule has 3 rings (SSSR count). The second-order valence-electron chi connectivity index (χ2n) is 4.04. The molecule has 1 N–H and O–H groups in total. The zero-order chi connectivity index (χ0) is 14.8. The molecule has 3 aromatic rings. The minimum absolute atomic E-state index is 0.0653. The Labute approximate surface area is 122 Å². The number of hydrogen-bond acceptors (Lipinski definition) is 7. The molecule has 0 saturated carbocycles. The summed E-state index contributed by atoms with van der Waals surface area (Å²) in [5, 5.41) is 24.7. The van der Waals surface area contributed by atoms with Crippen LogP contribution in [0.4, 0.5) is 5.69 Å². The lowest BCUT2D eigenvalue weighted by Crippen LogP contribution is -1.93. The Balaban J connectivity index is 2.01. The quantitative estimate of drug-likeness (QED) is 0.586. The lowest BCUT2D eigenvalue weighted by molar-refractivity contribution is -0.385. The van der Waals surface area contributed by atoms with Gasteiger partial charge in [0.2, 0.25) is 5.82 Å². The van der Waals surface area contributed by atoms with Crippen molar-refractivity contribution < 1.29 is 9.66 Å². The number of thiophene rings is 1. The van der Waals surface area contributed by atoms with Crippen molar-refractivity contribution in [2.24, 2.45) is 0 Å². The molecule has 106 valence electrons. The number of aromatic nitrogens is 4. The number of benzene rings is 1. The molecule has 0 atom stereocenters. The van der Waals surface area contributed by atoms with Crippen molar-refractivity contribution in [3.63, 3.8) is 0 Å². The van der Waals surface area contributed by atoms with Crippen molar-refractivity contribution in [3.05, 3.63) is 40.4 Å². The highest BCUT2D eigenvalue weighted by Crippen LogP contribution is 2.37. The maximum absolute atomic E-state index is 11.1. The van der Waals surface area contributed by atoms with Gasteiger partial charge < -0.3 is 4.74 Å². The summed E-state index contributed by atoms with van der Waals surface area (Å²) in [5.74, 6) is 0.730. The zero-order valence-electron chi connectivity index (χ0n) is 10.8. The number of rotatable bonds is 4. The molecule has 2 heterocycles. The average molecular weight is 303 g/mol. The van der Waals surface area contributed by atoms with Crippen LogP contribution in [0, 0.1) is 10.1 Å². The molecule has 0 saturated heterocycles. The molecule has 0 aliphatic heterocycles. The Morgan fingerprint density at radius 3 is 2.76 bits per heavy atom. The van der Waals surface area contributed by atoms with Gasteiger partial charge in [-0.3, -0.25) is 10.1 Å². The molecule has 0 radical (unpaired) electrons. The molecule has 0 amide bonds. The molecule has 21 heavy (non-hydrogen) atoms. The summed E-state index contributed by atoms with van der Waals surface area (Å²) in [6.07, 6.45) is 0. The van der Waals surface area contributed by atoms with E-state index >= 15 is 0 Å². The number of tetrazole rings is 1. The van der Waals surface area contributed by atoms with E-state index in [9.17, 15) is 10.1 Å². The van der Waals surface area contributed by atoms with Crippen molar-refractivity contribution in [3.8, 4) is 26.9 Å². The zero-order valence-corrected chi connectivity index (χ0v) is 11.6. The first kappa shape index (κ1) is 13.2. The fourth-order valence-corrected chi connectivity index (χ4v) is 2.80. The van der Waals surface area contributed by atoms with Crippen molar-refractivity contribution in [1.82, 2.24) is 20.6 Å². The van der Waals surface area contributed by atoms with Crippen molar-refractivity contribution in [2.75, 3.05) is 7.11 Å². The van der Waals surface area contributed by atoms with E-state index in [2.05, 4.69) is 20.6 Å². The largest absolute Gasteiger partial charge is 0.490 e. The highest BCUT2D eigenvalue weighted by atomic mass is 32.1. The molecule has 1 aromatic carbocycles. The van der Waals surface area contributed by atoms with Crippen LogP contribution in [0.5, 0.6) is 5.75 Å². The SMILES string of the molecule is COc1ccc(-c2ccc(-c3nn[nH]n3)s2)cc1[N+](=O)[O-]. The lowest BCUT2D eigenvalue weighted by atomic mass is 10.1. The van der Waals surface area contributed by atoms with Crippen molar-refractivity contribution >= 4 is 17.0 Å². The van der Waals surface area contributed by atoms with Gasteiger partial charge in [0.25, 0.3) is 0 Å². The molecule has 8 nitrogen and oxygen atoms in total. The van der Waals surface area contributed by atoms with Gasteiger partial charge in [0.1, 0.15) is 0 Å². The van der Waals surface area contributed by atoms with Crippen LogP contribution in [-0.2, 0) is 0 Å². The van der Waals surface area contributed by atoms with E-state index in [1.807, 2.05) is 12.1 Å². The van der Waals surface area contributed by atoms with Crippen LogP contribution in [0.2, 0.25) is 0 Å². The molecule has 0 bridgehead atoms. The van der Waals surface area contributed by atoms with Gasteiger partial charge in [-0.25, -0.2) is 0 Å². The fraction of sp³-hybridized carbons (Fsp3) is 0.0833. The Morgan fingerprint density at radius 1 is 1.29 bits per heavy atom. The summed E-state index contributed by atoms with van der Waals surface area (Å²) >= 11 is 1.43. The highest BCUT2D eigenvalue weighted by molar-refractivity contribution is 7.18. The Bertz CT molecular complexity index is 784. The molecule has 9 heteroatoms. The molecule has 0 unspecified atom stereocenters. The highest BCUT2D eigenvalue weighted by Gasteiger charge is 2.17. The molecule has 0 fully saturated rings.